The Morgan fingerprint density at radius 2 is 1.74 bits per heavy atom. The first-order valence-electron chi connectivity index (χ1n) is 6.69. The number of hydrogen-bond donors (Lipinski definition) is 1. The first-order valence-corrected chi connectivity index (χ1v) is 9.29. The molecule has 0 atom stereocenters. The maximum Gasteiger partial charge on any atom is 0.240 e. The van der Waals surface area contributed by atoms with Crippen molar-refractivity contribution < 1.29 is 8.42 Å². The van der Waals surface area contributed by atoms with Crippen molar-refractivity contribution in [3.05, 3.63) is 30.3 Å². The van der Waals surface area contributed by atoms with Gasteiger partial charge in [0.2, 0.25) is 10.0 Å². The number of hydrogen-bond acceptors (Lipinski definition) is 2. The second-order valence-corrected chi connectivity index (χ2v) is 7.66. The molecule has 1 saturated carbocycles. The molecule has 0 saturated heterocycles. The molecule has 5 heteroatoms. The molecule has 0 amide bonds. The Labute approximate surface area is 124 Å². The van der Waals surface area contributed by atoms with Crippen molar-refractivity contribution in [1.82, 2.24) is 4.72 Å². The fourth-order valence-electron chi connectivity index (χ4n) is 2.59. The standard InChI is InChI=1S/C14H20BrNO2S/c15-11-14(9-5-2-6-10-14)12-16-19(17,18)13-7-3-1-4-8-13/h1,3-4,7-8,16H,2,5-6,9-12H2. The van der Waals surface area contributed by atoms with E-state index in [0.29, 0.717) is 11.4 Å². The summed E-state index contributed by atoms with van der Waals surface area (Å²) in [4.78, 5) is 0.343. The van der Waals surface area contributed by atoms with Crippen molar-refractivity contribution in [2.75, 3.05) is 11.9 Å². The van der Waals surface area contributed by atoms with E-state index in [0.717, 1.165) is 18.2 Å². The summed E-state index contributed by atoms with van der Waals surface area (Å²) in [5.74, 6) is 0. The van der Waals surface area contributed by atoms with Crippen molar-refractivity contribution in [2.24, 2.45) is 5.41 Å². The molecule has 1 fully saturated rings. The van der Waals surface area contributed by atoms with Gasteiger partial charge in [0.25, 0.3) is 0 Å². The van der Waals surface area contributed by atoms with E-state index >= 15 is 0 Å². The molecule has 0 aliphatic heterocycles. The van der Waals surface area contributed by atoms with Gasteiger partial charge < -0.3 is 0 Å². The highest BCUT2D eigenvalue weighted by Gasteiger charge is 2.32. The van der Waals surface area contributed by atoms with E-state index in [1.165, 1.54) is 19.3 Å². The van der Waals surface area contributed by atoms with E-state index in [4.69, 9.17) is 0 Å². The van der Waals surface area contributed by atoms with Crippen LogP contribution in [0.2, 0.25) is 0 Å². The molecule has 1 aliphatic rings. The van der Waals surface area contributed by atoms with E-state index in [-0.39, 0.29) is 5.41 Å². The Bertz CT molecular complexity index is 495. The maximum atomic E-state index is 12.2. The van der Waals surface area contributed by atoms with E-state index in [1.807, 2.05) is 6.07 Å². The van der Waals surface area contributed by atoms with Crippen LogP contribution in [0.3, 0.4) is 0 Å². The van der Waals surface area contributed by atoms with Gasteiger partial charge in [-0.2, -0.15) is 0 Å². The topological polar surface area (TPSA) is 46.2 Å². The summed E-state index contributed by atoms with van der Waals surface area (Å²) in [6.45, 7) is 0.523. The highest BCUT2D eigenvalue weighted by atomic mass is 79.9. The molecule has 0 bridgehead atoms. The molecule has 0 aromatic heterocycles. The van der Waals surface area contributed by atoms with Crippen molar-refractivity contribution in [3.63, 3.8) is 0 Å². The zero-order valence-electron chi connectivity index (χ0n) is 10.9. The molecule has 3 nitrogen and oxygen atoms in total. The van der Waals surface area contributed by atoms with E-state index in [9.17, 15) is 8.42 Å². The maximum absolute atomic E-state index is 12.2. The third-order valence-electron chi connectivity index (χ3n) is 3.89. The van der Waals surface area contributed by atoms with Crippen LogP contribution in [-0.4, -0.2) is 20.3 Å². The highest BCUT2D eigenvalue weighted by molar-refractivity contribution is 9.09. The highest BCUT2D eigenvalue weighted by Crippen LogP contribution is 2.37. The monoisotopic (exact) mass is 345 g/mol. The van der Waals surface area contributed by atoms with Gasteiger partial charge in [-0.05, 0) is 30.4 Å². The molecular formula is C14H20BrNO2S. The third kappa shape index (κ3) is 3.80. The second kappa shape index (κ2) is 6.37. The molecule has 1 N–H and O–H groups in total. The molecule has 19 heavy (non-hydrogen) atoms. The van der Waals surface area contributed by atoms with Crippen LogP contribution in [0.5, 0.6) is 0 Å². The van der Waals surface area contributed by atoms with Gasteiger partial charge in [0, 0.05) is 11.9 Å². The second-order valence-electron chi connectivity index (χ2n) is 5.33. The van der Waals surface area contributed by atoms with Gasteiger partial charge in [0.1, 0.15) is 0 Å². The summed E-state index contributed by atoms with van der Waals surface area (Å²) in [6, 6.07) is 8.57. The lowest BCUT2D eigenvalue weighted by Gasteiger charge is -2.35. The Morgan fingerprint density at radius 3 is 2.32 bits per heavy atom. The van der Waals surface area contributed by atoms with Gasteiger partial charge in [-0.25, -0.2) is 13.1 Å². The van der Waals surface area contributed by atoms with Gasteiger partial charge in [-0.1, -0.05) is 53.4 Å². The minimum atomic E-state index is -3.38. The fourth-order valence-corrected chi connectivity index (χ4v) is 4.53. The summed E-state index contributed by atoms with van der Waals surface area (Å²) in [6.07, 6.45) is 5.84. The minimum Gasteiger partial charge on any atom is -0.211 e. The predicted octanol–water partition coefficient (Wildman–Crippen LogP) is 3.31. The van der Waals surface area contributed by atoms with Crippen LogP contribution in [0.4, 0.5) is 0 Å². The van der Waals surface area contributed by atoms with E-state index in [1.54, 1.807) is 24.3 Å². The van der Waals surface area contributed by atoms with Gasteiger partial charge >= 0.3 is 0 Å². The molecule has 0 unspecified atom stereocenters. The number of sulfonamides is 1. The Hall–Kier alpha value is -0.390. The zero-order chi connectivity index (χ0) is 13.8. The van der Waals surface area contributed by atoms with Gasteiger partial charge in [-0.15, -0.1) is 0 Å². The molecule has 1 aromatic carbocycles. The van der Waals surface area contributed by atoms with E-state index in [2.05, 4.69) is 20.7 Å². The lowest BCUT2D eigenvalue weighted by atomic mass is 9.76. The first-order chi connectivity index (χ1) is 9.08. The van der Waals surface area contributed by atoms with Gasteiger partial charge in [-0.3, -0.25) is 0 Å². The lowest BCUT2D eigenvalue weighted by molar-refractivity contribution is 0.227. The Morgan fingerprint density at radius 1 is 1.11 bits per heavy atom. The van der Waals surface area contributed by atoms with Crippen LogP contribution in [0, 0.1) is 5.41 Å². The molecule has 0 spiro atoms. The molecule has 1 aromatic rings. The number of nitrogens with one attached hydrogen (secondary N) is 1. The predicted molar refractivity (Wildman–Crippen MR) is 80.9 cm³/mol. The van der Waals surface area contributed by atoms with Gasteiger partial charge in [0.05, 0.1) is 4.90 Å². The molecular weight excluding hydrogens is 326 g/mol. The van der Waals surface area contributed by atoms with Crippen LogP contribution < -0.4 is 4.72 Å². The summed E-state index contributed by atoms with van der Waals surface area (Å²) in [5.41, 5.74) is 0.0834. The van der Waals surface area contributed by atoms with Crippen LogP contribution in [0.15, 0.2) is 35.2 Å². The molecule has 2 rings (SSSR count). The van der Waals surface area contributed by atoms with Crippen molar-refractivity contribution in [3.8, 4) is 0 Å². The molecule has 0 radical (unpaired) electrons. The van der Waals surface area contributed by atoms with Crippen LogP contribution in [0.1, 0.15) is 32.1 Å². The zero-order valence-corrected chi connectivity index (χ0v) is 13.3. The summed E-state index contributed by atoms with van der Waals surface area (Å²) >= 11 is 3.56. The number of rotatable bonds is 5. The largest absolute Gasteiger partial charge is 0.240 e. The average molecular weight is 346 g/mol. The average Bonchev–Trinajstić information content (AvgIpc) is 2.47. The Kier molecular flexibility index (Phi) is 5.03. The first kappa shape index (κ1) is 15.0. The number of halogens is 1. The Balaban J connectivity index is 2.05. The van der Waals surface area contributed by atoms with Crippen LogP contribution in [-0.2, 0) is 10.0 Å². The quantitative estimate of drug-likeness (QED) is 0.832. The van der Waals surface area contributed by atoms with Crippen molar-refractivity contribution >= 4 is 26.0 Å². The fraction of sp³-hybridized carbons (Fsp3) is 0.571. The summed E-state index contributed by atoms with van der Waals surface area (Å²) in [7, 11) is -3.38. The minimum absolute atomic E-state index is 0.0834. The number of alkyl halides is 1. The molecule has 106 valence electrons. The molecule has 0 heterocycles. The summed E-state index contributed by atoms with van der Waals surface area (Å²) < 4.78 is 27.2. The smallest absolute Gasteiger partial charge is 0.211 e. The lowest BCUT2D eigenvalue weighted by Crippen LogP contribution is -2.40. The normalized spacial score (nSPS) is 19.2. The van der Waals surface area contributed by atoms with Crippen molar-refractivity contribution in [1.29, 1.82) is 0 Å². The third-order valence-corrected chi connectivity index (χ3v) is 6.50. The SMILES string of the molecule is O=S(=O)(NCC1(CBr)CCCCC1)c1ccccc1. The van der Waals surface area contributed by atoms with Crippen LogP contribution >= 0.6 is 15.9 Å². The number of benzene rings is 1. The molecule has 1 aliphatic carbocycles. The van der Waals surface area contributed by atoms with Crippen molar-refractivity contribution in [2.45, 2.75) is 37.0 Å². The van der Waals surface area contributed by atoms with E-state index < -0.39 is 10.0 Å². The summed E-state index contributed by atoms with van der Waals surface area (Å²) in [5, 5.41) is 0.858. The van der Waals surface area contributed by atoms with Gasteiger partial charge in [0.15, 0.2) is 0 Å². The van der Waals surface area contributed by atoms with Crippen LogP contribution in [0.25, 0.3) is 0 Å².